The molecule has 1 nitrogen and oxygen atoms in total. The van der Waals surface area contributed by atoms with Crippen molar-refractivity contribution in [2.24, 2.45) is 0 Å². The van der Waals surface area contributed by atoms with Gasteiger partial charge in [0.25, 0.3) is 0 Å². The molecule has 1 aromatic carbocycles. The Labute approximate surface area is 127 Å². The van der Waals surface area contributed by atoms with Crippen molar-refractivity contribution in [2.45, 2.75) is 12.5 Å². The van der Waals surface area contributed by atoms with Gasteiger partial charge in [0, 0.05) is 21.8 Å². The zero-order valence-electron chi connectivity index (χ0n) is 9.71. The maximum atomic E-state index is 13.3. The number of halogens is 3. The molecule has 0 saturated heterocycles. The van der Waals surface area contributed by atoms with Gasteiger partial charge in [0.05, 0.1) is 3.79 Å². The van der Waals surface area contributed by atoms with Crippen LogP contribution in [0.3, 0.4) is 0 Å². The maximum Gasteiger partial charge on any atom is 0.123 e. The van der Waals surface area contributed by atoms with Crippen molar-refractivity contribution in [1.29, 1.82) is 0 Å². The van der Waals surface area contributed by atoms with E-state index in [1.807, 2.05) is 13.1 Å². The van der Waals surface area contributed by atoms with Crippen LogP contribution in [0.5, 0.6) is 0 Å². The molecule has 0 aliphatic carbocycles. The number of likely N-dealkylation sites (N-methyl/N-ethyl adjacent to an activating group) is 1. The van der Waals surface area contributed by atoms with Crippen molar-refractivity contribution in [3.63, 3.8) is 0 Å². The van der Waals surface area contributed by atoms with E-state index in [0.29, 0.717) is 0 Å². The van der Waals surface area contributed by atoms with E-state index in [-0.39, 0.29) is 11.9 Å². The molecule has 1 aromatic heterocycles. The van der Waals surface area contributed by atoms with Crippen molar-refractivity contribution < 1.29 is 4.39 Å². The molecule has 18 heavy (non-hydrogen) atoms. The van der Waals surface area contributed by atoms with Crippen LogP contribution >= 0.6 is 43.2 Å². The second-order valence-corrected chi connectivity index (χ2v) is 7.32. The van der Waals surface area contributed by atoms with Crippen molar-refractivity contribution in [3.8, 4) is 0 Å². The minimum absolute atomic E-state index is 0.0978. The molecule has 0 aliphatic heterocycles. The summed E-state index contributed by atoms with van der Waals surface area (Å²) in [5, 5.41) is 3.24. The fourth-order valence-electron chi connectivity index (χ4n) is 1.81. The highest BCUT2D eigenvalue weighted by Crippen LogP contribution is 2.30. The fourth-order valence-corrected chi connectivity index (χ4v) is 3.86. The van der Waals surface area contributed by atoms with Gasteiger partial charge in [-0.05, 0) is 58.9 Å². The monoisotopic (exact) mass is 391 g/mol. The van der Waals surface area contributed by atoms with Crippen LogP contribution < -0.4 is 5.32 Å². The van der Waals surface area contributed by atoms with Crippen molar-refractivity contribution in [1.82, 2.24) is 5.32 Å². The first-order valence-electron chi connectivity index (χ1n) is 5.46. The van der Waals surface area contributed by atoms with Crippen LogP contribution in [0.4, 0.5) is 4.39 Å². The smallest absolute Gasteiger partial charge is 0.123 e. The highest BCUT2D eigenvalue weighted by molar-refractivity contribution is 9.11. The van der Waals surface area contributed by atoms with Gasteiger partial charge in [0.15, 0.2) is 0 Å². The van der Waals surface area contributed by atoms with E-state index >= 15 is 0 Å². The average Bonchev–Trinajstić information content (AvgIpc) is 2.75. The molecular weight excluding hydrogens is 381 g/mol. The Morgan fingerprint density at radius 2 is 2.06 bits per heavy atom. The van der Waals surface area contributed by atoms with Crippen LogP contribution in [0.15, 0.2) is 38.6 Å². The second kappa shape index (κ2) is 6.28. The standard InChI is InChI=1S/C13H12Br2FNS/c1-17-12(7-9-3-5-13(15)18-9)10-6-8(16)2-4-11(10)14/h2-6,12,17H,7H2,1H3. The Bertz CT molecular complexity index is 542. The van der Waals surface area contributed by atoms with Gasteiger partial charge in [-0.2, -0.15) is 0 Å². The Morgan fingerprint density at radius 1 is 1.28 bits per heavy atom. The van der Waals surface area contributed by atoms with Crippen molar-refractivity contribution >= 4 is 43.2 Å². The first-order chi connectivity index (χ1) is 8.60. The van der Waals surface area contributed by atoms with E-state index in [0.717, 1.165) is 20.2 Å². The number of hydrogen-bond donors (Lipinski definition) is 1. The lowest BCUT2D eigenvalue weighted by Crippen LogP contribution is -2.19. The summed E-state index contributed by atoms with van der Waals surface area (Å²) in [6, 6.07) is 9.01. The van der Waals surface area contributed by atoms with Crippen LogP contribution in [0.2, 0.25) is 0 Å². The lowest BCUT2D eigenvalue weighted by atomic mass is 10.0. The van der Waals surface area contributed by atoms with E-state index in [9.17, 15) is 4.39 Å². The predicted molar refractivity (Wildman–Crippen MR) is 81.6 cm³/mol. The fraction of sp³-hybridized carbons (Fsp3) is 0.231. The quantitative estimate of drug-likeness (QED) is 0.778. The van der Waals surface area contributed by atoms with Crippen LogP contribution in [-0.4, -0.2) is 7.05 Å². The predicted octanol–water partition coefficient (Wildman–Crippen LogP) is 4.92. The summed E-state index contributed by atoms with van der Waals surface area (Å²) >= 11 is 8.64. The summed E-state index contributed by atoms with van der Waals surface area (Å²) < 4.78 is 15.4. The molecule has 1 heterocycles. The van der Waals surface area contributed by atoms with Gasteiger partial charge in [-0.25, -0.2) is 4.39 Å². The number of nitrogens with one attached hydrogen (secondary N) is 1. The molecular formula is C13H12Br2FNS. The van der Waals surface area contributed by atoms with Gasteiger partial charge in [0.2, 0.25) is 0 Å². The third-order valence-electron chi connectivity index (χ3n) is 2.72. The summed E-state index contributed by atoms with van der Waals surface area (Å²) in [7, 11) is 1.89. The van der Waals surface area contributed by atoms with Gasteiger partial charge >= 0.3 is 0 Å². The van der Waals surface area contributed by atoms with Gasteiger partial charge in [0.1, 0.15) is 5.82 Å². The largest absolute Gasteiger partial charge is 0.313 e. The molecule has 96 valence electrons. The molecule has 1 unspecified atom stereocenters. The molecule has 2 rings (SSSR count). The normalized spacial score (nSPS) is 12.7. The topological polar surface area (TPSA) is 12.0 Å². The number of benzene rings is 1. The second-order valence-electron chi connectivity index (χ2n) is 3.92. The van der Waals surface area contributed by atoms with Crippen molar-refractivity contribution in [3.05, 3.63) is 54.8 Å². The highest BCUT2D eigenvalue weighted by Gasteiger charge is 2.15. The molecule has 2 aromatic rings. The summed E-state index contributed by atoms with van der Waals surface area (Å²) in [5.41, 5.74) is 0.946. The lowest BCUT2D eigenvalue weighted by Gasteiger charge is -2.17. The van der Waals surface area contributed by atoms with E-state index in [2.05, 4.69) is 43.2 Å². The van der Waals surface area contributed by atoms with E-state index in [1.54, 1.807) is 23.5 Å². The van der Waals surface area contributed by atoms with Gasteiger partial charge in [-0.1, -0.05) is 15.9 Å². The summed E-state index contributed by atoms with van der Waals surface area (Å²) in [6.07, 6.45) is 0.842. The number of rotatable bonds is 4. The molecule has 0 saturated carbocycles. The Morgan fingerprint density at radius 3 is 2.67 bits per heavy atom. The Kier molecular flexibility index (Phi) is 4.95. The maximum absolute atomic E-state index is 13.3. The molecule has 0 fully saturated rings. The molecule has 0 amide bonds. The third-order valence-corrected chi connectivity index (χ3v) is 5.08. The summed E-state index contributed by atoms with van der Waals surface area (Å²) in [5.74, 6) is -0.208. The van der Waals surface area contributed by atoms with Crippen LogP contribution in [-0.2, 0) is 6.42 Å². The third kappa shape index (κ3) is 3.41. The van der Waals surface area contributed by atoms with E-state index in [1.165, 1.54) is 10.9 Å². The molecule has 5 heteroatoms. The minimum Gasteiger partial charge on any atom is -0.313 e. The number of thiophene rings is 1. The first-order valence-corrected chi connectivity index (χ1v) is 7.87. The Hall–Kier alpha value is -0.230. The number of hydrogen-bond acceptors (Lipinski definition) is 2. The minimum atomic E-state index is -0.208. The van der Waals surface area contributed by atoms with Crippen molar-refractivity contribution in [2.75, 3.05) is 7.05 Å². The van der Waals surface area contributed by atoms with Crippen LogP contribution in [0.25, 0.3) is 0 Å². The molecule has 1 N–H and O–H groups in total. The molecule has 0 aliphatic rings. The lowest BCUT2D eigenvalue weighted by molar-refractivity contribution is 0.578. The van der Waals surface area contributed by atoms with Crippen LogP contribution in [0.1, 0.15) is 16.5 Å². The molecule has 0 radical (unpaired) electrons. The SMILES string of the molecule is CNC(Cc1ccc(Br)s1)c1cc(F)ccc1Br. The van der Waals surface area contributed by atoms with Gasteiger partial charge in [-0.3, -0.25) is 0 Å². The molecule has 0 bridgehead atoms. The zero-order chi connectivity index (χ0) is 13.1. The van der Waals surface area contributed by atoms with Gasteiger partial charge in [-0.15, -0.1) is 11.3 Å². The summed E-state index contributed by atoms with van der Waals surface area (Å²) in [6.45, 7) is 0. The molecule has 0 spiro atoms. The zero-order valence-corrected chi connectivity index (χ0v) is 13.7. The summed E-state index contributed by atoms with van der Waals surface area (Å²) in [4.78, 5) is 1.26. The highest BCUT2D eigenvalue weighted by atomic mass is 79.9. The van der Waals surface area contributed by atoms with Crippen LogP contribution in [0, 0.1) is 5.82 Å². The first kappa shape index (κ1) is 14.2. The average molecular weight is 393 g/mol. The van der Waals surface area contributed by atoms with E-state index < -0.39 is 0 Å². The van der Waals surface area contributed by atoms with E-state index in [4.69, 9.17) is 0 Å². The Balaban J connectivity index is 2.25. The van der Waals surface area contributed by atoms with Gasteiger partial charge < -0.3 is 5.32 Å². The molecule has 1 atom stereocenters.